The van der Waals surface area contributed by atoms with Crippen molar-refractivity contribution in [2.24, 2.45) is 5.92 Å². The molecule has 1 saturated carbocycles. The lowest BCUT2D eigenvalue weighted by Gasteiger charge is -2.11. The smallest absolute Gasteiger partial charge is 0.244 e. The molecule has 2 N–H and O–H groups in total. The highest BCUT2D eigenvalue weighted by molar-refractivity contribution is 5.91. The van der Waals surface area contributed by atoms with Crippen molar-refractivity contribution in [2.45, 2.75) is 18.9 Å². The van der Waals surface area contributed by atoms with Crippen LogP contribution in [0.2, 0.25) is 0 Å². The molecular weight excluding hydrogens is 246 g/mol. The molecule has 1 atom stereocenters. The summed E-state index contributed by atoms with van der Waals surface area (Å²) in [4.78, 5) is 11.4. The maximum atomic E-state index is 11.4. The summed E-state index contributed by atoms with van der Waals surface area (Å²) >= 11 is 0. The Kier molecular flexibility index (Phi) is 5.18. The molecular formula is C14H19NO4. The van der Waals surface area contributed by atoms with Gasteiger partial charge in [0.1, 0.15) is 5.76 Å². The van der Waals surface area contributed by atoms with Gasteiger partial charge in [0, 0.05) is 19.2 Å². The number of amides is 1. The number of ether oxygens (including phenoxy) is 1. The fourth-order valence-corrected chi connectivity index (χ4v) is 1.54. The van der Waals surface area contributed by atoms with E-state index in [0.29, 0.717) is 18.3 Å². The summed E-state index contributed by atoms with van der Waals surface area (Å²) in [6.07, 6.45) is 6.27. The van der Waals surface area contributed by atoms with Crippen LogP contribution in [0.5, 0.6) is 0 Å². The molecule has 1 aliphatic carbocycles. The maximum absolute atomic E-state index is 11.4. The minimum atomic E-state index is -0.667. The molecule has 1 fully saturated rings. The molecule has 2 rings (SSSR count). The van der Waals surface area contributed by atoms with E-state index in [2.05, 4.69) is 5.32 Å². The molecule has 0 aliphatic heterocycles. The van der Waals surface area contributed by atoms with Crippen LogP contribution in [-0.4, -0.2) is 36.9 Å². The monoisotopic (exact) mass is 265 g/mol. The lowest BCUT2D eigenvalue weighted by atomic mass is 10.3. The van der Waals surface area contributed by atoms with E-state index in [0.717, 1.165) is 0 Å². The number of carbonyl (C=O) groups excluding carboxylic acids is 1. The maximum Gasteiger partial charge on any atom is 0.244 e. The van der Waals surface area contributed by atoms with Crippen LogP contribution in [0, 0.1) is 5.92 Å². The molecule has 0 aromatic carbocycles. The van der Waals surface area contributed by atoms with Gasteiger partial charge in [-0.2, -0.15) is 0 Å². The number of carbonyl (C=O) groups is 1. The van der Waals surface area contributed by atoms with Gasteiger partial charge in [-0.15, -0.1) is 0 Å². The van der Waals surface area contributed by atoms with Gasteiger partial charge in [-0.1, -0.05) is 0 Å². The zero-order valence-corrected chi connectivity index (χ0v) is 10.7. The van der Waals surface area contributed by atoms with E-state index in [-0.39, 0.29) is 19.1 Å². The second-order valence-corrected chi connectivity index (χ2v) is 4.73. The van der Waals surface area contributed by atoms with E-state index >= 15 is 0 Å². The van der Waals surface area contributed by atoms with Gasteiger partial charge in [0.25, 0.3) is 0 Å². The summed E-state index contributed by atoms with van der Waals surface area (Å²) in [6, 6.07) is 3.50. The van der Waals surface area contributed by atoms with E-state index in [1.807, 2.05) is 0 Å². The number of aliphatic hydroxyl groups is 1. The first-order valence-electron chi connectivity index (χ1n) is 6.49. The van der Waals surface area contributed by atoms with Crippen LogP contribution < -0.4 is 5.32 Å². The summed E-state index contributed by atoms with van der Waals surface area (Å²) in [5.41, 5.74) is 0. The number of furan rings is 1. The van der Waals surface area contributed by atoms with Crippen molar-refractivity contribution in [3.05, 3.63) is 30.2 Å². The highest BCUT2D eigenvalue weighted by atomic mass is 16.5. The number of hydrogen-bond acceptors (Lipinski definition) is 4. The van der Waals surface area contributed by atoms with Crippen LogP contribution in [0.4, 0.5) is 0 Å². The van der Waals surface area contributed by atoms with Gasteiger partial charge >= 0.3 is 0 Å². The molecule has 0 radical (unpaired) electrons. The average Bonchev–Trinajstić information content (AvgIpc) is 3.07. The van der Waals surface area contributed by atoms with Crippen molar-refractivity contribution in [1.29, 1.82) is 0 Å². The summed E-state index contributed by atoms with van der Waals surface area (Å²) in [7, 11) is 0. The van der Waals surface area contributed by atoms with Gasteiger partial charge in [0.15, 0.2) is 0 Å². The Morgan fingerprint density at radius 3 is 3.16 bits per heavy atom. The summed E-state index contributed by atoms with van der Waals surface area (Å²) in [5.74, 6) is 1.03. The number of nitrogens with one attached hydrogen (secondary N) is 1. The third-order valence-electron chi connectivity index (χ3n) is 2.81. The molecule has 1 heterocycles. The minimum Gasteiger partial charge on any atom is -0.465 e. The quantitative estimate of drug-likeness (QED) is 0.693. The third kappa shape index (κ3) is 5.72. The molecule has 5 heteroatoms. The van der Waals surface area contributed by atoms with Crippen LogP contribution in [0.25, 0.3) is 6.08 Å². The zero-order chi connectivity index (χ0) is 13.5. The normalized spacial score (nSPS) is 16.7. The first-order chi connectivity index (χ1) is 9.24. The predicted molar refractivity (Wildman–Crippen MR) is 70.3 cm³/mol. The van der Waals surface area contributed by atoms with Crippen LogP contribution in [0.1, 0.15) is 18.6 Å². The number of aliphatic hydroxyl groups excluding tert-OH is 1. The van der Waals surface area contributed by atoms with Gasteiger partial charge in [-0.3, -0.25) is 4.79 Å². The fourth-order valence-electron chi connectivity index (χ4n) is 1.54. The molecule has 104 valence electrons. The Hall–Kier alpha value is -1.59. The van der Waals surface area contributed by atoms with Crippen molar-refractivity contribution >= 4 is 12.0 Å². The van der Waals surface area contributed by atoms with E-state index in [1.165, 1.54) is 18.9 Å². The highest BCUT2D eigenvalue weighted by Gasteiger charge is 2.21. The third-order valence-corrected chi connectivity index (χ3v) is 2.81. The number of rotatable bonds is 8. The Labute approximate surface area is 112 Å². The van der Waals surface area contributed by atoms with E-state index in [4.69, 9.17) is 9.15 Å². The van der Waals surface area contributed by atoms with Crippen LogP contribution >= 0.6 is 0 Å². The van der Waals surface area contributed by atoms with Gasteiger partial charge < -0.3 is 19.6 Å². The lowest BCUT2D eigenvalue weighted by Crippen LogP contribution is -2.33. The number of hydrogen-bond donors (Lipinski definition) is 2. The second kappa shape index (κ2) is 7.11. The summed E-state index contributed by atoms with van der Waals surface area (Å²) < 4.78 is 10.4. The SMILES string of the molecule is O=C(/C=C/c1ccco1)NCC(O)COCC1CC1. The van der Waals surface area contributed by atoms with E-state index in [1.54, 1.807) is 24.5 Å². The van der Waals surface area contributed by atoms with Crippen molar-refractivity contribution in [3.63, 3.8) is 0 Å². The minimum absolute atomic E-state index is 0.187. The van der Waals surface area contributed by atoms with Gasteiger partial charge in [-0.25, -0.2) is 0 Å². The summed E-state index contributed by atoms with van der Waals surface area (Å²) in [5, 5.41) is 12.2. The fraction of sp³-hybridized carbons (Fsp3) is 0.500. The first-order valence-corrected chi connectivity index (χ1v) is 6.49. The first kappa shape index (κ1) is 13.8. The molecule has 1 amide bonds. The van der Waals surface area contributed by atoms with Crippen molar-refractivity contribution in [1.82, 2.24) is 5.32 Å². The molecule has 5 nitrogen and oxygen atoms in total. The molecule has 1 unspecified atom stereocenters. The van der Waals surface area contributed by atoms with E-state index in [9.17, 15) is 9.90 Å². The molecule has 0 saturated heterocycles. The Balaban J connectivity index is 1.56. The van der Waals surface area contributed by atoms with Crippen LogP contribution in [-0.2, 0) is 9.53 Å². The molecule has 1 aromatic rings. The summed E-state index contributed by atoms with van der Waals surface area (Å²) in [6.45, 7) is 1.16. The molecule has 0 spiro atoms. The predicted octanol–water partition coefficient (Wildman–Crippen LogP) is 1.20. The van der Waals surface area contributed by atoms with Crippen molar-refractivity contribution < 1.29 is 19.1 Å². The molecule has 0 bridgehead atoms. The van der Waals surface area contributed by atoms with Crippen molar-refractivity contribution in [3.8, 4) is 0 Å². The Bertz CT molecular complexity index is 409. The Morgan fingerprint density at radius 1 is 1.63 bits per heavy atom. The standard InChI is InChI=1S/C14H19NO4/c16-12(10-18-9-11-3-4-11)8-15-14(17)6-5-13-2-1-7-19-13/h1-2,5-7,11-12,16H,3-4,8-10H2,(H,15,17)/b6-5+. The zero-order valence-electron chi connectivity index (χ0n) is 10.7. The van der Waals surface area contributed by atoms with Crippen molar-refractivity contribution in [2.75, 3.05) is 19.8 Å². The molecule has 1 aromatic heterocycles. The van der Waals surface area contributed by atoms with Crippen LogP contribution in [0.3, 0.4) is 0 Å². The molecule has 1 aliphatic rings. The highest BCUT2D eigenvalue weighted by Crippen LogP contribution is 2.28. The topological polar surface area (TPSA) is 71.7 Å². The average molecular weight is 265 g/mol. The van der Waals surface area contributed by atoms with Crippen LogP contribution in [0.15, 0.2) is 28.9 Å². The van der Waals surface area contributed by atoms with E-state index < -0.39 is 6.10 Å². The molecule has 19 heavy (non-hydrogen) atoms. The lowest BCUT2D eigenvalue weighted by molar-refractivity contribution is -0.117. The van der Waals surface area contributed by atoms with Gasteiger partial charge in [0.05, 0.1) is 19.0 Å². The second-order valence-electron chi connectivity index (χ2n) is 4.73. The largest absolute Gasteiger partial charge is 0.465 e. The van der Waals surface area contributed by atoms with Gasteiger partial charge in [-0.05, 0) is 37.0 Å². The van der Waals surface area contributed by atoms with Gasteiger partial charge in [0.2, 0.25) is 5.91 Å². The Morgan fingerprint density at radius 2 is 2.47 bits per heavy atom.